The van der Waals surface area contributed by atoms with Crippen molar-refractivity contribution in [1.82, 2.24) is 0 Å². The van der Waals surface area contributed by atoms with Crippen LogP contribution in [-0.2, 0) is 53.6 Å². The molecule has 0 spiro atoms. The van der Waals surface area contributed by atoms with Gasteiger partial charge in [-0.3, -0.25) is 13.7 Å². The smallest absolute Gasteiger partial charge is 0.367 e. The van der Waals surface area contributed by atoms with Crippen LogP contribution in [0.2, 0.25) is 5.02 Å². The molecule has 0 bridgehead atoms. The van der Waals surface area contributed by atoms with Crippen molar-refractivity contribution < 1.29 is 59.9 Å². The molecule has 0 heterocycles. The molecule has 0 radical (unpaired) electrons. The lowest BCUT2D eigenvalue weighted by Gasteiger charge is -2.24. The van der Waals surface area contributed by atoms with Gasteiger partial charge < -0.3 is 4.90 Å². The topological polar surface area (TPSA) is 253 Å². The van der Waals surface area contributed by atoms with Crippen molar-refractivity contribution in [2.45, 2.75) is 4.90 Å². The Morgan fingerprint density at radius 1 is 0.700 bits per heavy atom. The Labute approximate surface area is 235 Å². The first-order chi connectivity index (χ1) is 18.3. The van der Waals surface area contributed by atoms with Crippen LogP contribution in [0.15, 0.2) is 57.6 Å². The van der Waals surface area contributed by atoms with Gasteiger partial charge in [-0.1, -0.05) is 11.6 Å². The van der Waals surface area contributed by atoms with E-state index in [1.165, 1.54) is 47.4 Å². The maximum atomic E-state index is 12.2. The van der Waals surface area contributed by atoms with E-state index in [9.17, 15) is 33.7 Å². The van der Waals surface area contributed by atoms with Crippen LogP contribution in [0.25, 0.3) is 0 Å². The van der Waals surface area contributed by atoms with Crippen LogP contribution in [0, 0.1) is 0 Å². The molecule has 22 heteroatoms. The second-order valence-electron chi connectivity index (χ2n) is 7.38. The number of halogens is 1. The maximum Gasteiger partial charge on any atom is 0.397 e. The second kappa shape index (κ2) is 14.0. The molecule has 3 N–H and O–H groups in total. The van der Waals surface area contributed by atoms with E-state index in [4.69, 9.17) is 25.3 Å². The van der Waals surface area contributed by atoms with Gasteiger partial charge in [0.2, 0.25) is 0 Å². The first-order valence-corrected chi connectivity index (χ1v) is 16.6. The Morgan fingerprint density at radius 2 is 1.20 bits per heavy atom. The molecule has 0 fully saturated rings. The van der Waals surface area contributed by atoms with Gasteiger partial charge >= 0.3 is 31.2 Å². The first kappa shape index (κ1) is 33.9. The lowest BCUT2D eigenvalue weighted by molar-refractivity contribution is 0.261. The van der Waals surface area contributed by atoms with Gasteiger partial charge in [-0.05, 0) is 42.5 Å². The summed E-state index contributed by atoms with van der Waals surface area (Å²) in [7, 11) is -18.2. The van der Waals surface area contributed by atoms with Crippen molar-refractivity contribution in [2.75, 3.05) is 43.6 Å². The molecule has 0 saturated heterocycles. The van der Waals surface area contributed by atoms with Crippen LogP contribution in [0.3, 0.4) is 0 Å². The van der Waals surface area contributed by atoms with E-state index in [-0.39, 0.29) is 34.4 Å². The molecule has 0 saturated carbocycles. The number of benzene rings is 2. The van der Waals surface area contributed by atoms with Gasteiger partial charge in [-0.2, -0.15) is 30.4 Å². The molecule has 2 aromatic rings. The SMILES string of the molecule is O=S(=O)(O)OCCN(CCOS(=O)(=O)O)c1ccc(N=Nc2ccc(S(=O)(=O)CCOS(=O)(=O)O)cc2)c(Cl)c1. The van der Waals surface area contributed by atoms with Crippen molar-refractivity contribution in [3.63, 3.8) is 0 Å². The Balaban J connectivity index is 2.13. The summed E-state index contributed by atoms with van der Waals surface area (Å²) in [4.78, 5) is 1.22. The maximum absolute atomic E-state index is 12.2. The third kappa shape index (κ3) is 12.9. The highest BCUT2D eigenvalue weighted by Crippen LogP contribution is 2.31. The van der Waals surface area contributed by atoms with E-state index in [1.807, 2.05) is 0 Å². The molecule has 0 aliphatic heterocycles. The molecule has 0 atom stereocenters. The van der Waals surface area contributed by atoms with Crippen molar-refractivity contribution >= 4 is 69.7 Å². The summed E-state index contributed by atoms with van der Waals surface area (Å²) >= 11 is 6.25. The van der Waals surface area contributed by atoms with Crippen LogP contribution in [-0.4, -0.2) is 86.0 Å². The highest BCUT2D eigenvalue weighted by molar-refractivity contribution is 7.91. The predicted molar refractivity (Wildman–Crippen MR) is 139 cm³/mol. The summed E-state index contributed by atoms with van der Waals surface area (Å²) in [6.07, 6.45) is 0. The molecule has 2 rings (SSSR count). The van der Waals surface area contributed by atoms with Gasteiger partial charge in [-0.15, -0.1) is 5.11 Å². The number of azo groups is 1. The van der Waals surface area contributed by atoms with Crippen LogP contribution >= 0.6 is 11.6 Å². The summed E-state index contributed by atoms with van der Waals surface area (Å²) in [5.41, 5.74) is 0.710. The highest BCUT2D eigenvalue weighted by Gasteiger charge is 2.17. The average Bonchev–Trinajstić information content (AvgIpc) is 2.80. The standard InChI is InChI=1S/C18H22ClN3O14S4/c19-17-13-15(22(7-9-34-38(25,26)27)8-10-35-39(28,29)30)3-6-18(17)21-20-14-1-4-16(5-2-14)37(23,24)12-11-36-40(31,32)33/h1-6,13H,7-12H2,(H,25,26,27)(H,28,29,30)(H,31,32,33). The third-order valence-electron chi connectivity index (χ3n) is 4.54. The van der Waals surface area contributed by atoms with E-state index < -0.39 is 66.6 Å². The van der Waals surface area contributed by atoms with Gasteiger partial charge in [0.05, 0.1) is 41.2 Å². The molecule has 224 valence electrons. The molecule has 2 aromatic carbocycles. The number of rotatable bonds is 16. The highest BCUT2D eigenvalue weighted by atomic mass is 35.5. The van der Waals surface area contributed by atoms with Crippen LogP contribution < -0.4 is 4.90 Å². The van der Waals surface area contributed by atoms with Crippen LogP contribution in [0.4, 0.5) is 17.1 Å². The minimum atomic E-state index is -4.78. The van der Waals surface area contributed by atoms with E-state index in [0.717, 1.165) is 0 Å². The molecule has 17 nitrogen and oxygen atoms in total. The molecule has 0 aromatic heterocycles. The van der Waals surface area contributed by atoms with Gasteiger partial charge in [0, 0.05) is 18.8 Å². The monoisotopic (exact) mass is 667 g/mol. The van der Waals surface area contributed by atoms with E-state index in [2.05, 4.69) is 22.8 Å². The van der Waals surface area contributed by atoms with Crippen molar-refractivity contribution in [3.8, 4) is 0 Å². The summed E-state index contributed by atoms with van der Waals surface area (Å²) in [5.74, 6) is -0.712. The first-order valence-electron chi connectivity index (χ1n) is 10.5. The second-order valence-corrected chi connectivity index (χ2v) is 13.2. The largest absolute Gasteiger partial charge is 0.397 e. The van der Waals surface area contributed by atoms with Crippen molar-refractivity contribution in [2.24, 2.45) is 10.2 Å². The minimum Gasteiger partial charge on any atom is -0.367 e. The Bertz CT molecular complexity index is 1590. The molecular formula is C18H22ClN3O14S4. The average molecular weight is 668 g/mol. The molecule has 40 heavy (non-hydrogen) atoms. The Kier molecular flexibility index (Phi) is 11.9. The molecule has 0 aliphatic carbocycles. The van der Waals surface area contributed by atoms with Crippen LogP contribution in [0.1, 0.15) is 0 Å². The van der Waals surface area contributed by atoms with Gasteiger partial charge in [0.15, 0.2) is 9.84 Å². The number of hydrogen-bond donors (Lipinski definition) is 3. The molecule has 0 unspecified atom stereocenters. The zero-order valence-corrected chi connectivity index (χ0v) is 24.0. The lowest BCUT2D eigenvalue weighted by Crippen LogP contribution is -2.32. The third-order valence-corrected chi connectivity index (χ3v) is 7.93. The summed E-state index contributed by atoms with van der Waals surface area (Å²) in [6, 6.07) is 9.27. The zero-order valence-electron chi connectivity index (χ0n) is 20.0. The van der Waals surface area contributed by atoms with E-state index >= 15 is 0 Å². The summed E-state index contributed by atoms with van der Waals surface area (Å²) in [6.45, 7) is -2.19. The van der Waals surface area contributed by atoms with Gasteiger partial charge in [-0.25, -0.2) is 21.0 Å². The normalized spacial score (nSPS) is 13.1. The number of hydrogen-bond acceptors (Lipinski definition) is 14. The minimum absolute atomic E-state index is 0.0516. The molecule has 0 aliphatic rings. The number of nitrogens with zero attached hydrogens (tertiary/aromatic N) is 3. The fourth-order valence-corrected chi connectivity index (χ4v) is 5.12. The van der Waals surface area contributed by atoms with E-state index in [1.54, 1.807) is 0 Å². The van der Waals surface area contributed by atoms with Crippen LogP contribution in [0.5, 0.6) is 0 Å². The zero-order chi connectivity index (χ0) is 30.2. The molecular weight excluding hydrogens is 646 g/mol. The lowest BCUT2D eigenvalue weighted by atomic mass is 10.2. The quantitative estimate of drug-likeness (QED) is 0.170. The number of anilines is 1. The van der Waals surface area contributed by atoms with Gasteiger partial charge in [0.1, 0.15) is 5.69 Å². The van der Waals surface area contributed by atoms with Crippen molar-refractivity contribution in [3.05, 3.63) is 47.5 Å². The van der Waals surface area contributed by atoms with Crippen molar-refractivity contribution in [1.29, 1.82) is 0 Å². The van der Waals surface area contributed by atoms with E-state index in [0.29, 0.717) is 5.69 Å². The summed E-state index contributed by atoms with van der Waals surface area (Å²) in [5, 5.41) is 7.97. The Hall–Kier alpha value is -2.31. The molecule has 0 amide bonds. The fourth-order valence-electron chi connectivity index (χ4n) is 2.85. The van der Waals surface area contributed by atoms with Gasteiger partial charge in [0.25, 0.3) is 0 Å². The fraction of sp³-hybridized carbons (Fsp3) is 0.333. The summed E-state index contributed by atoms with van der Waals surface area (Å²) < 4.78 is 127. The Morgan fingerprint density at radius 3 is 1.68 bits per heavy atom. The number of sulfone groups is 1. The predicted octanol–water partition coefficient (Wildman–Crippen LogP) is 1.79.